The molecule has 0 spiro atoms. The standard InChI is InChI=1S/C15H27N7O2S/c1-3-16-14(17-8-5-9-20-25(2,23)24)21-10-12-22(13-11-21)15-18-6-4-7-19-15/h4,6-7,20H,3,5,8-13H2,1-2H3,(H,16,17). The summed E-state index contributed by atoms with van der Waals surface area (Å²) >= 11 is 0. The van der Waals surface area contributed by atoms with Gasteiger partial charge in [0.1, 0.15) is 0 Å². The second-order valence-corrected chi connectivity index (χ2v) is 7.61. The summed E-state index contributed by atoms with van der Waals surface area (Å²) in [7, 11) is -3.13. The van der Waals surface area contributed by atoms with Crippen molar-refractivity contribution in [1.82, 2.24) is 24.9 Å². The summed E-state index contributed by atoms with van der Waals surface area (Å²) in [6, 6.07) is 1.81. The third-order valence-corrected chi connectivity index (χ3v) is 4.44. The average Bonchev–Trinajstić information content (AvgIpc) is 2.60. The second kappa shape index (κ2) is 9.52. The molecule has 1 fully saturated rings. The van der Waals surface area contributed by atoms with E-state index in [1.54, 1.807) is 12.4 Å². The molecular weight excluding hydrogens is 342 g/mol. The first-order chi connectivity index (χ1) is 12.0. The number of nitrogens with one attached hydrogen (secondary N) is 2. The molecule has 1 aromatic heterocycles. The lowest BCUT2D eigenvalue weighted by atomic mass is 10.3. The van der Waals surface area contributed by atoms with Gasteiger partial charge in [0.15, 0.2) is 5.96 Å². The monoisotopic (exact) mass is 369 g/mol. The van der Waals surface area contributed by atoms with Crippen LogP contribution in [0.15, 0.2) is 23.5 Å². The van der Waals surface area contributed by atoms with Crippen LogP contribution in [0.5, 0.6) is 0 Å². The maximum atomic E-state index is 11.0. The Balaban J connectivity index is 1.83. The summed E-state index contributed by atoms with van der Waals surface area (Å²) in [6.07, 6.45) is 5.34. The SMILES string of the molecule is CCNC(=NCCCNS(C)(=O)=O)N1CCN(c2ncccn2)CC1. The smallest absolute Gasteiger partial charge is 0.225 e. The third kappa shape index (κ3) is 6.83. The van der Waals surface area contributed by atoms with Gasteiger partial charge in [-0.2, -0.15) is 0 Å². The molecule has 2 N–H and O–H groups in total. The van der Waals surface area contributed by atoms with Crippen molar-refractivity contribution >= 4 is 21.9 Å². The Bertz CT molecular complexity index is 643. The molecular formula is C15H27N7O2S. The van der Waals surface area contributed by atoms with E-state index in [-0.39, 0.29) is 0 Å². The summed E-state index contributed by atoms with van der Waals surface area (Å²) in [5, 5.41) is 3.30. The topological polar surface area (TPSA) is 103 Å². The van der Waals surface area contributed by atoms with E-state index in [0.29, 0.717) is 19.5 Å². The van der Waals surface area contributed by atoms with Crippen LogP contribution in [0, 0.1) is 0 Å². The number of aromatic nitrogens is 2. The molecule has 1 aromatic rings. The van der Waals surface area contributed by atoms with Crippen LogP contribution >= 0.6 is 0 Å². The third-order valence-electron chi connectivity index (χ3n) is 3.71. The van der Waals surface area contributed by atoms with Crippen LogP contribution in [-0.2, 0) is 10.0 Å². The van der Waals surface area contributed by atoms with Gasteiger partial charge in [0, 0.05) is 58.2 Å². The Labute approximate surface area is 149 Å². The molecule has 0 saturated carbocycles. The van der Waals surface area contributed by atoms with Gasteiger partial charge in [-0.3, -0.25) is 4.99 Å². The minimum absolute atomic E-state index is 0.404. The molecule has 2 rings (SSSR count). The first-order valence-electron chi connectivity index (χ1n) is 8.49. The van der Waals surface area contributed by atoms with Crippen LogP contribution in [0.25, 0.3) is 0 Å². The quantitative estimate of drug-likeness (QED) is 0.379. The molecule has 25 heavy (non-hydrogen) atoms. The summed E-state index contributed by atoms with van der Waals surface area (Å²) in [5.41, 5.74) is 0. The van der Waals surface area contributed by atoms with Crippen molar-refractivity contribution in [2.75, 3.05) is 57.0 Å². The van der Waals surface area contributed by atoms with E-state index in [1.165, 1.54) is 0 Å². The molecule has 2 heterocycles. The Morgan fingerprint density at radius 1 is 1.24 bits per heavy atom. The lowest BCUT2D eigenvalue weighted by Gasteiger charge is -2.36. The van der Waals surface area contributed by atoms with Crippen LogP contribution in [-0.4, -0.2) is 81.3 Å². The fraction of sp³-hybridized carbons (Fsp3) is 0.667. The van der Waals surface area contributed by atoms with E-state index in [9.17, 15) is 8.42 Å². The zero-order chi connectivity index (χ0) is 18.1. The number of anilines is 1. The maximum Gasteiger partial charge on any atom is 0.225 e. The van der Waals surface area contributed by atoms with Crippen molar-refractivity contribution in [2.45, 2.75) is 13.3 Å². The molecule has 0 amide bonds. The first-order valence-corrected chi connectivity index (χ1v) is 10.4. The second-order valence-electron chi connectivity index (χ2n) is 5.78. The molecule has 1 saturated heterocycles. The van der Waals surface area contributed by atoms with Crippen molar-refractivity contribution in [2.24, 2.45) is 4.99 Å². The van der Waals surface area contributed by atoms with Gasteiger partial charge in [-0.1, -0.05) is 0 Å². The molecule has 9 nitrogen and oxygen atoms in total. The molecule has 0 radical (unpaired) electrons. The van der Waals surface area contributed by atoms with Crippen LogP contribution in [0.3, 0.4) is 0 Å². The van der Waals surface area contributed by atoms with Gasteiger partial charge in [0.2, 0.25) is 16.0 Å². The predicted molar refractivity (Wildman–Crippen MR) is 99.3 cm³/mol. The van der Waals surface area contributed by atoms with Crippen molar-refractivity contribution < 1.29 is 8.42 Å². The van der Waals surface area contributed by atoms with Crippen LogP contribution in [0.4, 0.5) is 5.95 Å². The fourth-order valence-electron chi connectivity index (χ4n) is 2.52. The zero-order valence-corrected chi connectivity index (χ0v) is 15.7. The van der Waals surface area contributed by atoms with E-state index in [0.717, 1.165) is 50.9 Å². The van der Waals surface area contributed by atoms with Crippen molar-refractivity contribution in [3.63, 3.8) is 0 Å². The number of guanidine groups is 1. The number of nitrogens with zero attached hydrogens (tertiary/aromatic N) is 5. The van der Waals surface area contributed by atoms with E-state index in [1.807, 2.05) is 13.0 Å². The van der Waals surface area contributed by atoms with E-state index in [2.05, 4.69) is 34.8 Å². The Morgan fingerprint density at radius 2 is 1.92 bits per heavy atom. The number of piperazine rings is 1. The van der Waals surface area contributed by atoms with Crippen molar-refractivity contribution in [1.29, 1.82) is 0 Å². The fourth-order valence-corrected chi connectivity index (χ4v) is 3.04. The Hall–Kier alpha value is -1.94. The van der Waals surface area contributed by atoms with Crippen molar-refractivity contribution in [3.8, 4) is 0 Å². The molecule has 1 aliphatic heterocycles. The molecule has 10 heteroatoms. The summed E-state index contributed by atoms with van der Waals surface area (Å²) in [5.74, 6) is 1.63. The zero-order valence-electron chi connectivity index (χ0n) is 14.8. The average molecular weight is 369 g/mol. The van der Waals surface area contributed by atoms with E-state index >= 15 is 0 Å². The highest BCUT2D eigenvalue weighted by Crippen LogP contribution is 2.09. The molecule has 140 valence electrons. The maximum absolute atomic E-state index is 11.0. The van der Waals surface area contributed by atoms with Gasteiger partial charge in [0.25, 0.3) is 0 Å². The number of hydrogen-bond donors (Lipinski definition) is 2. The number of aliphatic imine (C=N–C) groups is 1. The molecule has 0 bridgehead atoms. The molecule has 1 aliphatic rings. The summed E-state index contributed by atoms with van der Waals surface area (Å²) in [4.78, 5) is 17.6. The minimum Gasteiger partial charge on any atom is -0.357 e. The summed E-state index contributed by atoms with van der Waals surface area (Å²) < 4.78 is 24.6. The van der Waals surface area contributed by atoms with Gasteiger partial charge in [-0.05, 0) is 19.4 Å². The van der Waals surface area contributed by atoms with E-state index < -0.39 is 10.0 Å². The Morgan fingerprint density at radius 3 is 2.52 bits per heavy atom. The minimum atomic E-state index is -3.13. The van der Waals surface area contributed by atoms with Gasteiger partial charge >= 0.3 is 0 Å². The highest BCUT2D eigenvalue weighted by molar-refractivity contribution is 7.88. The normalized spacial score (nSPS) is 16.2. The highest BCUT2D eigenvalue weighted by atomic mass is 32.2. The lowest BCUT2D eigenvalue weighted by molar-refractivity contribution is 0.370. The summed E-state index contributed by atoms with van der Waals surface area (Å²) in [6.45, 7) is 7.16. The molecule has 0 unspecified atom stereocenters. The van der Waals surface area contributed by atoms with Crippen molar-refractivity contribution in [3.05, 3.63) is 18.5 Å². The number of hydrogen-bond acceptors (Lipinski definition) is 6. The number of rotatable bonds is 7. The number of sulfonamides is 1. The van der Waals surface area contributed by atoms with Gasteiger partial charge in [-0.15, -0.1) is 0 Å². The Kier molecular flexibility index (Phi) is 7.38. The highest BCUT2D eigenvalue weighted by Gasteiger charge is 2.20. The predicted octanol–water partition coefficient (Wildman–Crippen LogP) is -0.497. The van der Waals surface area contributed by atoms with Gasteiger partial charge in [0.05, 0.1) is 6.26 Å². The van der Waals surface area contributed by atoms with E-state index in [4.69, 9.17) is 0 Å². The van der Waals surface area contributed by atoms with Gasteiger partial charge < -0.3 is 15.1 Å². The van der Waals surface area contributed by atoms with Crippen LogP contribution in [0.2, 0.25) is 0 Å². The molecule has 0 aliphatic carbocycles. The van der Waals surface area contributed by atoms with Crippen LogP contribution in [0.1, 0.15) is 13.3 Å². The first kappa shape index (κ1) is 19.4. The lowest BCUT2D eigenvalue weighted by Crippen LogP contribution is -2.53. The largest absolute Gasteiger partial charge is 0.357 e. The molecule has 0 aromatic carbocycles. The molecule has 0 atom stereocenters. The van der Waals surface area contributed by atoms with Crippen LogP contribution < -0.4 is 14.9 Å². The van der Waals surface area contributed by atoms with Gasteiger partial charge in [-0.25, -0.2) is 23.1 Å².